The summed E-state index contributed by atoms with van der Waals surface area (Å²) in [6.07, 6.45) is 12.1. The van der Waals surface area contributed by atoms with Crippen molar-refractivity contribution in [3.8, 4) is 0 Å². The number of ether oxygens (including phenoxy) is 1. The molecule has 0 spiro atoms. The first-order valence-electron chi connectivity index (χ1n) is 9.24. The maximum Gasteiger partial charge on any atom is 0.519 e. The minimum Gasteiger partial charge on any atom is -0.396 e. The van der Waals surface area contributed by atoms with Crippen LogP contribution in [0.2, 0.25) is 0 Å². The van der Waals surface area contributed by atoms with Crippen LogP contribution in [0.1, 0.15) is 96.5 Å². The topological polar surface area (TPSA) is 52.6 Å². The molecule has 1 rings (SSSR count). The van der Waals surface area contributed by atoms with Gasteiger partial charge >= 0.3 is 5.82 Å². The Balaban J connectivity index is 2.51. The lowest BCUT2D eigenvalue weighted by Crippen LogP contribution is -2.28. The molecule has 4 nitrogen and oxygen atoms in total. The molecule has 1 aromatic heterocycles. The Morgan fingerprint density at radius 1 is 0.913 bits per heavy atom. The van der Waals surface area contributed by atoms with Crippen LogP contribution < -0.4 is 5.82 Å². The predicted octanol–water partition coefficient (Wildman–Crippen LogP) is 5.76. The minimum atomic E-state index is -0.645. The molecular formula is C19H34O4. The second-order valence-corrected chi connectivity index (χ2v) is 6.79. The SMILES string of the molecule is CCCCCCCC(C)(CCCCC)OCc1oc(=O)oc1C. The van der Waals surface area contributed by atoms with Crippen molar-refractivity contribution >= 4 is 0 Å². The average Bonchev–Trinajstić information content (AvgIpc) is 2.83. The Labute approximate surface area is 140 Å². The highest BCUT2D eigenvalue weighted by atomic mass is 16.6. The molecule has 134 valence electrons. The minimum absolute atomic E-state index is 0.149. The Kier molecular flexibility index (Phi) is 9.30. The van der Waals surface area contributed by atoms with Gasteiger partial charge in [0.1, 0.15) is 12.4 Å². The fourth-order valence-electron chi connectivity index (χ4n) is 2.87. The fourth-order valence-corrected chi connectivity index (χ4v) is 2.87. The Hall–Kier alpha value is -1.03. The van der Waals surface area contributed by atoms with Gasteiger partial charge in [0.15, 0.2) is 5.76 Å². The monoisotopic (exact) mass is 326 g/mol. The van der Waals surface area contributed by atoms with Gasteiger partial charge in [0, 0.05) is 0 Å². The quantitative estimate of drug-likeness (QED) is 0.433. The van der Waals surface area contributed by atoms with Gasteiger partial charge in [-0.25, -0.2) is 4.79 Å². The first-order chi connectivity index (χ1) is 11.0. The number of aryl methyl sites for hydroxylation is 1. The molecule has 0 aliphatic carbocycles. The number of hydrogen-bond donors (Lipinski definition) is 0. The highest BCUT2D eigenvalue weighted by Crippen LogP contribution is 2.28. The summed E-state index contributed by atoms with van der Waals surface area (Å²) in [5.41, 5.74) is -0.149. The van der Waals surface area contributed by atoms with Crippen molar-refractivity contribution in [2.45, 2.75) is 104 Å². The Morgan fingerprint density at radius 3 is 2.04 bits per heavy atom. The van der Waals surface area contributed by atoms with Crippen molar-refractivity contribution in [3.63, 3.8) is 0 Å². The van der Waals surface area contributed by atoms with Crippen molar-refractivity contribution in [3.05, 3.63) is 22.1 Å². The van der Waals surface area contributed by atoms with Gasteiger partial charge in [0.2, 0.25) is 0 Å². The van der Waals surface area contributed by atoms with Gasteiger partial charge in [-0.05, 0) is 26.7 Å². The molecule has 0 radical (unpaired) electrons. The van der Waals surface area contributed by atoms with Crippen molar-refractivity contribution in [2.24, 2.45) is 0 Å². The first-order valence-corrected chi connectivity index (χ1v) is 9.24. The Bertz CT molecular complexity index is 474. The molecule has 0 saturated carbocycles. The maximum atomic E-state index is 11.1. The van der Waals surface area contributed by atoms with E-state index in [1.54, 1.807) is 6.92 Å². The molecule has 0 aliphatic heterocycles. The van der Waals surface area contributed by atoms with Gasteiger partial charge in [-0.3, -0.25) is 0 Å². The van der Waals surface area contributed by atoms with Crippen LogP contribution in [-0.4, -0.2) is 5.60 Å². The van der Waals surface area contributed by atoms with Crippen LogP contribution in [0.25, 0.3) is 0 Å². The molecule has 0 bridgehead atoms. The zero-order valence-corrected chi connectivity index (χ0v) is 15.4. The van der Waals surface area contributed by atoms with Crippen LogP contribution in [-0.2, 0) is 11.3 Å². The van der Waals surface area contributed by atoms with Crippen LogP contribution in [0.4, 0.5) is 0 Å². The van der Waals surface area contributed by atoms with E-state index in [1.165, 1.54) is 51.4 Å². The van der Waals surface area contributed by atoms with Crippen molar-refractivity contribution < 1.29 is 13.6 Å². The summed E-state index contributed by atoms with van der Waals surface area (Å²) in [6.45, 7) is 8.69. The molecule has 1 heterocycles. The molecule has 0 aromatic carbocycles. The molecule has 1 unspecified atom stereocenters. The molecule has 1 atom stereocenters. The standard InChI is InChI=1S/C19H34O4/c1-5-7-9-10-12-14-19(4,13-11-8-6-2)21-15-17-16(3)22-18(20)23-17/h5-15H2,1-4H3. The zero-order chi connectivity index (χ0) is 17.1. The largest absolute Gasteiger partial charge is 0.519 e. The molecule has 0 amide bonds. The molecule has 0 N–H and O–H groups in total. The summed E-state index contributed by atoms with van der Waals surface area (Å²) < 4.78 is 16.1. The third-order valence-corrected chi connectivity index (χ3v) is 4.51. The number of rotatable bonds is 13. The van der Waals surface area contributed by atoms with E-state index in [9.17, 15) is 4.79 Å². The molecular weight excluding hydrogens is 292 g/mol. The van der Waals surface area contributed by atoms with E-state index in [-0.39, 0.29) is 5.60 Å². The maximum absolute atomic E-state index is 11.1. The lowest BCUT2D eigenvalue weighted by molar-refractivity contribution is -0.0637. The molecule has 0 fully saturated rings. The lowest BCUT2D eigenvalue weighted by Gasteiger charge is -2.30. The number of unbranched alkanes of at least 4 members (excludes halogenated alkanes) is 6. The van der Waals surface area contributed by atoms with E-state index < -0.39 is 5.82 Å². The van der Waals surface area contributed by atoms with Crippen molar-refractivity contribution in [1.29, 1.82) is 0 Å². The van der Waals surface area contributed by atoms with Crippen LogP contribution in [0.5, 0.6) is 0 Å². The van der Waals surface area contributed by atoms with Gasteiger partial charge in [0.25, 0.3) is 0 Å². The van der Waals surface area contributed by atoms with E-state index in [4.69, 9.17) is 13.6 Å². The van der Waals surface area contributed by atoms with Gasteiger partial charge in [-0.1, -0.05) is 65.2 Å². The second kappa shape index (κ2) is 10.7. The molecule has 1 aromatic rings. The first kappa shape index (κ1) is 20.0. The van der Waals surface area contributed by atoms with Gasteiger partial charge in [0.05, 0.1) is 5.60 Å². The Morgan fingerprint density at radius 2 is 1.48 bits per heavy atom. The van der Waals surface area contributed by atoms with Crippen LogP contribution in [0.15, 0.2) is 13.6 Å². The van der Waals surface area contributed by atoms with Crippen molar-refractivity contribution in [1.82, 2.24) is 0 Å². The highest BCUT2D eigenvalue weighted by Gasteiger charge is 2.25. The summed E-state index contributed by atoms with van der Waals surface area (Å²) in [7, 11) is 0. The third kappa shape index (κ3) is 7.87. The fraction of sp³-hybridized carbons (Fsp3) is 0.842. The summed E-state index contributed by atoms with van der Waals surface area (Å²) in [5.74, 6) is 0.393. The summed E-state index contributed by atoms with van der Waals surface area (Å²) in [6, 6.07) is 0. The van der Waals surface area contributed by atoms with Crippen LogP contribution in [0.3, 0.4) is 0 Å². The third-order valence-electron chi connectivity index (χ3n) is 4.51. The normalized spacial score (nSPS) is 14.1. The second-order valence-electron chi connectivity index (χ2n) is 6.79. The van der Waals surface area contributed by atoms with E-state index in [0.717, 1.165) is 12.8 Å². The van der Waals surface area contributed by atoms with Crippen LogP contribution >= 0.6 is 0 Å². The van der Waals surface area contributed by atoms with Crippen molar-refractivity contribution in [2.75, 3.05) is 0 Å². The smallest absolute Gasteiger partial charge is 0.396 e. The van der Waals surface area contributed by atoms with E-state index in [0.29, 0.717) is 18.1 Å². The lowest BCUT2D eigenvalue weighted by atomic mass is 9.91. The summed E-state index contributed by atoms with van der Waals surface area (Å²) >= 11 is 0. The van der Waals surface area contributed by atoms with E-state index in [1.807, 2.05) is 0 Å². The van der Waals surface area contributed by atoms with Gasteiger partial charge in [-0.15, -0.1) is 0 Å². The molecule has 0 saturated heterocycles. The van der Waals surface area contributed by atoms with E-state index in [2.05, 4.69) is 20.8 Å². The summed E-state index contributed by atoms with van der Waals surface area (Å²) in [4.78, 5) is 11.1. The number of hydrogen-bond acceptors (Lipinski definition) is 4. The molecule has 23 heavy (non-hydrogen) atoms. The zero-order valence-electron chi connectivity index (χ0n) is 15.4. The molecule has 0 aliphatic rings. The molecule has 4 heteroatoms. The predicted molar refractivity (Wildman–Crippen MR) is 92.7 cm³/mol. The van der Waals surface area contributed by atoms with E-state index >= 15 is 0 Å². The highest BCUT2D eigenvalue weighted by molar-refractivity contribution is 4.98. The van der Waals surface area contributed by atoms with Gasteiger partial charge in [-0.2, -0.15) is 0 Å². The van der Waals surface area contributed by atoms with Gasteiger partial charge < -0.3 is 13.6 Å². The average molecular weight is 326 g/mol. The summed E-state index contributed by atoms with van der Waals surface area (Å²) in [5, 5.41) is 0. The van der Waals surface area contributed by atoms with Crippen LogP contribution in [0, 0.1) is 6.92 Å².